The second kappa shape index (κ2) is 11.8. The van der Waals surface area contributed by atoms with Crippen LogP contribution in [-0.2, 0) is 0 Å². The monoisotopic (exact) mass is 671 g/mol. The molecule has 0 aliphatic rings. The lowest BCUT2D eigenvalue weighted by Crippen LogP contribution is -2.11. The standard InChI is InChI=1S/C52H33N/c1-3-12-34(13-4-1)35-28-30-41(31-29-35)53(48-23-8-7-19-43(48)36-14-5-2-6-15-36)42-32-40-27-26-39-17-10-21-45-44-20-9-16-37-24-25-38-18-11-22-46(51(38)49(37)44)47(33-42)52(40)50(39)45/h1-33H. The molecule has 0 radical (unpaired) electrons. The molecule has 0 bridgehead atoms. The quantitative estimate of drug-likeness (QED) is 0.165. The molecule has 0 unspecified atom stereocenters. The molecule has 1 heteroatoms. The maximum atomic E-state index is 2.45. The third kappa shape index (κ3) is 4.64. The molecule has 0 aliphatic carbocycles. The number of hydrogen-bond acceptors (Lipinski definition) is 1. The fraction of sp³-hybridized carbons (Fsp3) is 0. The second-order valence-corrected chi connectivity index (χ2v) is 14.1. The van der Waals surface area contributed by atoms with Crippen molar-refractivity contribution >= 4 is 81.7 Å². The summed E-state index contributed by atoms with van der Waals surface area (Å²) < 4.78 is 0. The van der Waals surface area contributed by atoms with E-state index in [-0.39, 0.29) is 0 Å². The Labute approximate surface area is 307 Å². The van der Waals surface area contributed by atoms with Gasteiger partial charge in [-0.05, 0) is 112 Å². The summed E-state index contributed by atoms with van der Waals surface area (Å²) in [6.07, 6.45) is 0. The Kier molecular flexibility index (Phi) is 6.62. The molecule has 11 aromatic carbocycles. The second-order valence-electron chi connectivity index (χ2n) is 14.1. The van der Waals surface area contributed by atoms with E-state index < -0.39 is 0 Å². The molecule has 0 saturated carbocycles. The van der Waals surface area contributed by atoms with E-state index in [9.17, 15) is 0 Å². The van der Waals surface area contributed by atoms with E-state index in [1.54, 1.807) is 0 Å². The lowest BCUT2D eigenvalue weighted by atomic mass is 9.87. The first kappa shape index (κ1) is 29.7. The third-order valence-electron chi connectivity index (χ3n) is 11.1. The Morgan fingerprint density at radius 3 is 1.34 bits per heavy atom. The first-order valence-electron chi connectivity index (χ1n) is 18.3. The molecule has 0 fully saturated rings. The van der Waals surface area contributed by atoms with E-state index in [0.29, 0.717) is 0 Å². The van der Waals surface area contributed by atoms with Crippen molar-refractivity contribution in [2.24, 2.45) is 0 Å². The highest BCUT2D eigenvalue weighted by atomic mass is 15.1. The number of anilines is 3. The highest BCUT2D eigenvalue weighted by molar-refractivity contribution is 6.37. The molecule has 0 heterocycles. The maximum absolute atomic E-state index is 2.45. The average Bonchev–Trinajstić information content (AvgIpc) is 3.23. The summed E-state index contributed by atoms with van der Waals surface area (Å²) >= 11 is 0. The molecule has 0 spiro atoms. The Morgan fingerprint density at radius 2 is 0.736 bits per heavy atom. The van der Waals surface area contributed by atoms with Gasteiger partial charge in [-0.15, -0.1) is 0 Å². The van der Waals surface area contributed by atoms with Crippen molar-refractivity contribution in [3.8, 4) is 22.3 Å². The van der Waals surface area contributed by atoms with Crippen LogP contribution in [0.3, 0.4) is 0 Å². The van der Waals surface area contributed by atoms with Gasteiger partial charge in [0.1, 0.15) is 0 Å². The molecular weight excluding hydrogens is 639 g/mol. The molecule has 53 heavy (non-hydrogen) atoms. The van der Waals surface area contributed by atoms with Crippen molar-refractivity contribution in [1.29, 1.82) is 0 Å². The number of rotatable bonds is 5. The predicted octanol–water partition coefficient (Wildman–Crippen LogP) is 14.8. The molecule has 0 aliphatic heterocycles. The summed E-state index contributed by atoms with van der Waals surface area (Å²) in [5.74, 6) is 0. The van der Waals surface area contributed by atoms with Crippen molar-refractivity contribution in [2.45, 2.75) is 0 Å². The lowest BCUT2D eigenvalue weighted by Gasteiger charge is -2.29. The summed E-state index contributed by atoms with van der Waals surface area (Å²) in [6, 6.07) is 73.7. The van der Waals surface area contributed by atoms with Gasteiger partial charge in [-0.25, -0.2) is 0 Å². The van der Waals surface area contributed by atoms with Gasteiger partial charge in [-0.2, -0.15) is 0 Å². The minimum atomic E-state index is 1.11. The van der Waals surface area contributed by atoms with Crippen LogP contribution in [0.4, 0.5) is 17.1 Å². The van der Waals surface area contributed by atoms with Gasteiger partial charge in [0.15, 0.2) is 0 Å². The van der Waals surface area contributed by atoms with Gasteiger partial charge in [0.25, 0.3) is 0 Å². The van der Waals surface area contributed by atoms with Crippen LogP contribution in [0.25, 0.3) is 86.9 Å². The summed E-state index contributed by atoms with van der Waals surface area (Å²) in [7, 11) is 0. The third-order valence-corrected chi connectivity index (χ3v) is 11.1. The summed E-state index contributed by atoms with van der Waals surface area (Å²) in [5, 5.41) is 15.4. The number of para-hydroxylation sites is 1. The van der Waals surface area contributed by atoms with Crippen molar-refractivity contribution in [3.63, 3.8) is 0 Å². The Bertz CT molecular complexity index is 3140. The van der Waals surface area contributed by atoms with E-state index in [0.717, 1.165) is 17.1 Å². The van der Waals surface area contributed by atoms with E-state index in [4.69, 9.17) is 0 Å². The zero-order valence-corrected chi connectivity index (χ0v) is 29.0. The zero-order chi connectivity index (χ0) is 34.9. The van der Waals surface area contributed by atoms with Gasteiger partial charge in [-0.1, -0.05) is 170 Å². The van der Waals surface area contributed by atoms with Crippen LogP contribution in [0.15, 0.2) is 200 Å². The Balaban J connectivity index is 1.28. The predicted molar refractivity (Wildman–Crippen MR) is 228 cm³/mol. The summed E-state index contributed by atoms with van der Waals surface area (Å²) in [6.45, 7) is 0. The first-order chi connectivity index (χ1) is 26.3. The smallest absolute Gasteiger partial charge is 0.0540 e. The highest BCUT2D eigenvalue weighted by Crippen LogP contribution is 2.47. The van der Waals surface area contributed by atoms with Gasteiger partial charge in [0, 0.05) is 16.9 Å². The molecule has 0 amide bonds. The topological polar surface area (TPSA) is 3.24 Å². The average molecular weight is 672 g/mol. The van der Waals surface area contributed by atoms with Crippen LogP contribution in [-0.4, -0.2) is 0 Å². The number of benzene rings is 10. The van der Waals surface area contributed by atoms with E-state index in [1.165, 1.54) is 86.9 Å². The largest absolute Gasteiger partial charge is 0.310 e. The number of fused-ring (bicyclic) bond motifs is 2. The maximum Gasteiger partial charge on any atom is 0.0540 e. The molecule has 11 aromatic rings. The van der Waals surface area contributed by atoms with Crippen molar-refractivity contribution in [1.82, 2.24) is 0 Å². The SMILES string of the molecule is c1ccc(-c2ccc(N(c3cc4ccc5cccc6c7cccc8ccc9cccc(c(c3)c4c56)c9c87)c3ccccc3-c3ccccc3)cc2)cc1. The van der Waals surface area contributed by atoms with Gasteiger partial charge in [0.05, 0.1) is 5.69 Å². The zero-order valence-electron chi connectivity index (χ0n) is 29.0. The van der Waals surface area contributed by atoms with Crippen molar-refractivity contribution in [2.75, 3.05) is 4.90 Å². The highest BCUT2D eigenvalue weighted by Gasteiger charge is 2.21. The van der Waals surface area contributed by atoms with E-state index >= 15 is 0 Å². The van der Waals surface area contributed by atoms with Crippen LogP contribution in [0.1, 0.15) is 0 Å². The van der Waals surface area contributed by atoms with Gasteiger partial charge < -0.3 is 4.90 Å². The number of nitrogens with zero attached hydrogens (tertiary/aromatic N) is 1. The van der Waals surface area contributed by atoms with Crippen molar-refractivity contribution in [3.05, 3.63) is 200 Å². The molecule has 0 N–H and O–H groups in total. The summed E-state index contributed by atoms with van der Waals surface area (Å²) in [5.41, 5.74) is 8.15. The van der Waals surface area contributed by atoms with Crippen LogP contribution in [0, 0.1) is 0 Å². The molecule has 0 aromatic heterocycles. The van der Waals surface area contributed by atoms with E-state index in [2.05, 4.69) is 205 Å². The van der Waals surface area contributed by atoms with Crippen LogP contribution in [0.5, 0.6) is 0 Å². The molecule has 11 rings (SSSR count). The number of hydrogen-bond donors (Lipinski definition) is 0. The van der Waals surface area contributed by atoms with E-state index in [1.807, 2.05) is 0 Å². The summed E-state index contributed by atoms with van der Waals surface area (Å²) in [4.78, 5) is 2.45. The Morgan fingerprint density at radius 1 is 0.264 bits per heavy atom. The normalized spacial score (nSPS) is 11.8. The molecular formula is C52H33N. The van der Waals surface area contributed by atoms with Crippen LogP contribution >= 0.6 is 0 Å². The first-order valence-corrected chi connectivity index (χ1v) is 18.3. The van der Waals surface area contributed by atoms with Gasteiger partial charge in [0.2, 0.25) is 0 Å². The molecule has 246 valence electrons. The fourth-order valence-corrected chi connectivity index (χ4v) is 8.79. The molecule has 1 nitrogen and oxygen atoms in total. The van der Waals surface area contributed by atoms with Crippen LogP contribution < -0.4 is 4.90 Å². The lowest BCUT2D eigenvalue weighted by molar-refractivity contribution is 1.29. The van der Waals surface area contributed by atoms with Gasteiger partial charge >= 0.3 is 0 Å². The van der Waals surface area contributed by atoms with Crippen LogP contribution in [0.2, 0.25) is 0 Å². The minimum absolute atomic E-state index is 1.11. The molecule has 0 atom stereocenters. The van der Waals surface area contributed by atoms with Gasteiger partial charge in [-0.3, -0.25) is 0 Å². The fourth-order valence-electron chi connectivity index (χ4n) is 8.79. The Hall–Kier alpha value is -6.96. The van der Waals surface area contributed by atoms with Crippen molar-refractivity contribution < 1.29 is 0 Å². The minimum Gasteiger partial charge on any atom is -0.310 e. The molecule has 0 saturated heterocycles.